The van der Waals surface area contributed by atoms with Gasteiger partial charge in [-0.05, 0) is 50.8 Å². The largest absolute Gasteiger partial charge is 0.373 e. The monoisotopic (exact) mass is 433 g/mol. The first-order valence-electron chi connectivity index (χ1n) is 9.93. The summed E-state index contributed by atoms with van der Waals surface area (Å²) in [5.74, 6) is 0.791. The lowest BCUT2D eigenvalue weighted by atomic mass is 9.95. The summed E-state index contributed by atoms with van der Waals surface area (Å²) >= 11 is 3.48. The van der Waals surface area contributed by atoms with E-state index in [1.54, 1.807) is 0 Å². The van der Waals surface area contributed by atoms with Gasteiger partial charge >= 0.3 is 0 Å². The summed E-state index contributed by atoms with van der Waals surface area (Å²) in [5, 5.41) is 1.08. The van der Waals surface area contributed by atoms with Crippen LogP contribution in [0.3, 0.4) is 0 Å². The Balaban J connectivity index is 1.33. The lowest BCUT2D eigenvalue weighted by Gasteiger charge is -2.39. The topological polar surface area (TPSA) is 48.6 Å². The number of hydrogen-bond acceptors (Lipinski definition) is 3. The maximum atomic E-state index is 12.9. The molecular weight excluding hydrogens is 406 g/mol. The number of benzene rings is 1. The van der Waals surface area contributed by atoms with Crippen LogP contribution in [0.4, 0.5) is 0 Å². The van der Waals surface area contributed by atoms with Gasteiger partial charge in [0.25, 0.3) is 5.91 Å². The van der Waals surface area contributed by atoms with Crippen molar-refractivity contribution in [1.29, 1.82) is 0 Å². The molecule has 2 aromatic rings. The van der Waals surface area contributed by atoms with E-state index in [-0.39, 0.29) is 5.91 Å². The number of fused-ring (bicyclic) bond motifs is 1. The number of morpholine rings is 1. The molecule has 146 valence electrons. The molecule has 4 rings (SSSR count). The van der Waals surface area contributed by atoms with Crippen LogP contribution in [0.5, 0.6) is 0 Å². The number of halogens is 1. The smallest absolute Gasteiger partial charge is 0.270 e. The second-order valence-electron chi connectivity index (χ2n) is 8.13. The average molecular weight is 434 g/mol. The molecule has 27 heavy (non-hydrogen) atoms. The number of carbonyl (C=O) groups excluding carboxylic acids is 1. The number of rotatable bonds is 3. The standard InChI is InChI=1S/C21H28BrN3O2/c1-14-11-24(12-15(2)27-14)13-16-5-7-25(8-6-16)21(26)20-9-17-3-4-18(22)10-19(17)23-20/h3-4,9-10,14-16,23H,5-8,11-13H2,1-2H3. The van der Waals surface area contributed by atoms with Gasteiger partial charge in [0.15, 0.2) is 0 Å². The zero-order chi connectivity index (χ0) is 19.0. The Labute approximate surface area is 169 Å². The molecule has 2 fully saturated rings. The molecule has 0 saturated carbocycles. The average Bonchev–Trinajstić information content (AvgIpc) is 3.04. The number of nitrogens with zero attached hydrogens (tertiary/aromatic N) is 2. The minimum absolute atomic E-state index is 0.120. The van der Waals surface area contributed by atoms with Crippen molar-refractivity contribution in [3.8, 4) is 0 Å². The molecule has 1 amide bonds. The maximum absolute atomic E-state index is 12.9. The molecule has 0 spiro atoms. The van der Waals surface area contributed by atoms with Gasteiger partial charge in [-0.15, -0.1) is 0 Å². The summed E-state index contributed by atoms with van der Waals surface area (Å²) in [6.45, 7) is 9.17. The van der Waals surface area contributed by atoms with E-state index in [1.165, 1.54) is 0 Å². The van der Waals surface area contributed by atoms with Crippen molar-refractivity contribution < 1.29 is 9.53 Å². The SMILES string of the molecule is CC1CN(CC2CCN(C(=O)c3cc4ccc(Br)cc4[nH]3)CC2)CC(C)O1. The molecule has 1 aromatic carbocycles. The predicted molar refractivity (Wildman–Crippen MR) is 111 cm³/mol. The van der Waals surface area contributed by atoms with Crippen LogP contribution < -0.4 is 0 Å². The molecule has 1 aromatic heterocycles. The lowest BCUT2D eigenvalue weighted by molar-refractivity contribution is -0.0728. The molecule has 0 radical (unpaired) electrons. The Morgan fingerprint density at radius 2 is 1.89 bits per heavy atom. The van der Waals surface area contributed by atoms with E-state index >= 15 is 0 Å². The molecule has 1 N–H and O–H groups in total. The van der Waals surface area contributed by atoms with Crippen molar-refractivity contribution in [2.24, 2.45) is 5.92 Å². The van der Waals surface area contributed by atoms with Gasteiger partial charge < -0.3 is 14.6 Å². The highest BCUT2D eigenvalue weighted by Crippen LogP contribution is 2.24. The van der Waals surface area contributed by atoms with Crippen LogP contribution >= 0.6 is 15.9 Å². The highest BCUT2D eigenvalue weighted by atomic mass is 79.9. The number of hydrogen-bond donors (Lipinski definition) is 1. The highest BCUT2D eigenvalue weighted by Gasteiger charge is 2.28. The molecule has 0 bridgehead atoms. The van der Waals surface area contributed by atoms with E-state index in [4.69, 9.17) is 4.74 Å². The molecular formula is C21H28BrN3O2. The van der Waals surface area contributed by atoms with E-state index in [0.717, 1.165) is 60.9 Å². The van der Waals surface area contributed by atoms with Crippen LogP contribution in [0.15, 0.2) is 28.7 Å². The van der Waals surface area contributed by atoms with Crippen molar-refractivity contribution in [2.45, 2.75) is 38.9 Å². The fourth-order valence-corrected chi connectivity index (χ4v) is 4.86. The van der Waals surface area contributed by atoms with Crippen molar-refractivity contribution in [2.75, 3.05) is 32.7 Å². The fraction of sp³-hybridized carbons (Fsp3) is 0.571. The Bertz CT molecular complexity index is 803. The third kappa shape index (κ3) is 4.39. The van der Waals surface area contributed by atoms with E-state index in [1.807, 2.05) is 29.2 Å². The molecule has 6 heteroatoms. The summed E-state index contributed by atoms with van der Waals surface area (Å²) in [5.41, 5.74) is 1.69. The fourth-order valence-electron chi connectivity index (χ4n) is 4.50. The summed E-state index contributed by atoms with van der Waals surface area (Å²) in [6.07, 6.45) is 2.80. The zero-order valence-electron chi connectivity index (χ0n) is 16.1. The number of ether oxygens (including phenoxy) is 1. The second kappa shape index (κ2) is 7.94. The molecule has 2 atom stereocenters. The van der Waals surface area contributed by atoms with E-state index < -0.39 is 0 Å². The predicted octanol–water partition coefficient (Wildman–Crippen LogP) is 3.89. The van der Waals surface area contributed by atoms with Crippen LogP contribution in [0, 0.1) is 5.92 Å². The van der Waals surface area contributed by atoms with E-state index in [0.29, 0.717) is 23.8 Å². The quantitative estimate of drug-likeness (QED) is 0.798. The first-order chi connectivity index (χ1) is 13.0. The van der Waals surface area contributed by atoms with Crippen LogP contribution in [0.1, 0.15) is 37.2 Å². The van der Waals surface area contributed by atoms with Crippen LogP contribution in [0.25, 0.3) is 10.9 Å². The number of piperidine rings is 1. The van der Waals surface area contributed by atoms with E-state index in [9.17, 15) is 4.79 Å². The normalized spacial score (nSPS) is 25.2. The summed E-state index contributed by atoms with van der Waals surface area (Å²) in [4.78, 5) is 20.7. The lowest BCUT2D eigenvalue weighted by Crippen LogP contribution is -2.48. The molecule has 2 unspecified atom stereocenters. The number of aromatic nitrogens is 1. The van der Waals surface area contributed by atoms with Gasteiger partial charge in [-0.1, -0.05) is 22.0 Å². The van der Waals surface area contributed by atoms with Gasteiger partial charge in [-0.25, -0.2) is 0 Å². The number of amides is 1. The van der Waals surface area contributed by atoms with Crippen molar-refractivity contribution in [3.63, 3.8) is 0 Å². The van der Waals surface area contributed by atoms with Crippen LogP contribution in [-0.2, 0) is 4.74 Å². The zero-order valence-corrected chi connectivity index (χ0v) is 17.7. The maximum Gasteiger partial charge on any atom is 0.270 e. The van der Waals surface area contributed by atoms with Gasteiger partial charge in [0, 0.05) is 48.1 Å². The Hall–Kier alpha value is -1.37. The molecule has 5 nitrogen and oxygen atoms in total. The molecule has 3 heterocycles. The van der Waals surface area contributed by atoms with Crippen molar-refractivity contribution >= 4 is 32.7 Å². The summed E-state index contributed by atoms with van der Waals surface area (Å²) < 4.78 is 6.85. The number of carbonyl (C=O) groups is 1. The third-order valence-corrected chi connectivity index (χ3v) is 6.22. The number of H-pyrrole nitrogens is 1. The first kappa shape index (κ1) is 19.0. The Morgan fingerprint density at radius 1 is 1.19 bits per heavy atom. The number of aromatic amines is 1. The molecule has 2 saturated heterocycles. The number of nitrogens with one attached hydrogen (secondary N) is 1. The van der Waals surface area contributed by atoms with Crippen molar-refractivity contribution in [3.05, 3.63) is 34.4 Å². The summed E-state index contributed by atoms with van der Waals surface area (Å²) in [6, 6.07) is 8.02. The van der Waals surface area contributed by atoms with Crippen LogP contribution in [-0.4, -0.2) is 65.6 Å². The molecule has 2 aliphatic heterocycles. The minimum atomic E-state index is 0.120. The minimum Gasteiger partial charge on any atom is -0.373 e. The summed E-state index contributed by atoms with van der Waals surface area (Å²) in [7, 11) is 0. The van der Waals surface area contributed by atoms with Gasteiger partial charge in [0.05, 0.1) is 12.2 Å². The second-order valence-corrected chi connectivity index (χ2v) is 9.04. The molecule has 0 aliphatic carbocycles. The van der Waals surface area contributed by atoms with Crippen LogP contribution in [0.2, 0.25) is 0 Å². The molecule has 2 aliphatic rings. The Morgan fingerprint density at radius 3 is 2.59 bits per heavy atom. The van der Waals surface area contributed by atoms with Gasteiger partial charge in [-0.2, -0.15) is 0 Å². The van der Waals surface area contributed by atoms with E-state index in [2.05, 4.69) is 39.7 Å². The van der Waals surface area contributed by atoms with Gasteiger partial charge in [-0.3, -0.25) is 9.69 Å². The highest BCUT2D eigenvalue weighted by molar-refractivity contribution is 9.10. The number of likely N-dealkylation sites (tertiary alicyclic amines) is 1. The van der Waals surface area contributed by atoms with Crippen molar-refractivity contribution in [1.82, 2.24) is 14.8 Å². The van der Waals surface area contributed by atoms with Gasteiger partial charge in [0.2, 0.25) is 0 Å². The third-order valence-electron chi connectivity index (χ3n) is 5.73. The van der Waals surface area contributed by atoms with Gasteiger partial charge in [0.1, 0.15) is 5.69 Å². The Kier molecular flexibility index (Phi) is 5.58. The first-order valence-corrected chi connectivity index (χ1v) is 10.7.